The van der Waals surface area contributed by atoms with Gasteiger partial charge in [0.1, 0.15) is 0 Å². The van der Waals surface area contributed by atoms with E-state index >= 15 is 0 Å². The van der Waals surface area contributed by atoms with Gasteiger partial charge in [-0.05, 0) is 48.9 Å². The van der Waals surface area contributed by atoms with Crippen LogP contribution in [0.15, 0.2) is 48.7 Å². The summed E-state index contributed by atoms with van der Waals surface area (Å²) in [6.45, 7) is 6.92. The second kappa shape index (κ2) is 17.5. The van der Waals surface area contributed by atoms with E-state index in [9.17, 15) is 18.0 Å². The number of carbonyl (C=O) groups is 1. The van der Waals surface area contributed by atoms with Crippen molar-refractivity contribution in [1.82, 2.24) is 15.2 Å². The van der Waals surface area contributed by atoms with Crippen molar-refractivity contribution in [2.24, 2.45) is 0 Å². The molecule has 0 amide bonds. The van der Waals surface area contributed by atoms with E-state index in [4.69, 9.17) is 21.4 Å². The molecule has 232 valence electrons. The summed E-state index contributed by atoms with van der Waals surface area (Å²) in [4.78, 5) is 16.0. The minimum atomic E-state index is -4.29. The summed E-state index contributed by atoms with van der Waals surface area (Å²) in [6, 6.07) is 10.7. The molecule has 1 aromatic heterocycles. The summed E-state index contributed by atoms with van der Waals surface area (Å²) in [7, 11) is 0. The number of hydrogen-bond acceptors (Lipinski definition) is 4. The Balaban J connectivity index is 0.000000307. The molecule has 1 saturated heterocycles. The van der Waals surface area contributed by atoms with Crippen LogP contribution in [0.25, 0.3) is 10.9 Å². The number of nitrogens with one attached hydrogen (secondary N) is 2. The van der Waals surface area contributed by atoms with Crippen molar-refractivity contribution in [3.05, 3.63) is 70.4 Å². The molecule has 1 aliphatic rings. The summed E-state index contributed by atoms with van der Waals surface area (Å²) < 4.78 is 44.1. The number of hydrogen-bond donors (Lipinski definition) is 3. The fourth-order valence-corrected chi connectivity index (χ4v) is 5.43. The monoisotopic (exact) mass is 609 g/mol. The number of aromatic amines is 1. The number of benzene rings is 2. The van der Waals surface area contributed by atoms with Crippen LogP contribution in [0.3, 0.4) is 0 Å². The molecule has 1 aliphatic heterocycles. The molecule has 6 nitrogen and oxygen atoms in total. The van der Waals surface area contributed by atoms with Crippen LogP contribution in [0.4, 0.5) is 13.2 Å². The maximum absolute atomic E-state index is 12.9. The molecule has 0 aliphatic carbocycles. The Morgan fingerprint density at radius 1 is 1.00 bits per heavy atom. The number of aromatic nitrogens is 1. The third kappa shape index (κ3) is 10.6. The lowest BCUT2D eigenvalue weighted by atomic mass is 10.0. The Kier molecular flexibility index (Phi) is 14.1. The molecule has 4 rings (SSSR count). The van der Waals surface area contributed by atoms with Gasteiger partial charge in [-0.25, -0.2) is 4.79 Å². The number of aromatic carboxylic acids is 1. The largest absolute Gasteiger partial charge is 0.478 e. The van der Waals surface area contributed by atoms with E-state index in [1.165, 1.54) is 63.1 Å². The molecule has 2 heterocycles. The lowest BCUT2D eigenvalue weighted by Crippen LogP contribution is -2.43. The third-order valence-corrected chi connectivity index (χ3v) is 7.96. The zero-order valence-electron chi connectivity index (χ0n) is 24.3. The molecule has 0 radical (unpaired) electrons. The SMILES string of the molecule is CCCCCCCCCCNCC(c1ccc(C(F)(F)F)cc1)N1CCOCC1.O=C(O)c1ccc2[nH]ccc2c1Cl. The van der Waals surface area contributed by atoms with Crippen molar-refractivity contribution in [2.75, 3.05) is 39.4 Å². The second-order valence-electron chi connectivity index (χ2n) is 10.6. The number of ether oxygens (including phenoxy) is 1. The average Bonchev–Trinajstić information content (AvgIpc) is 3.47. The number of fused-ring (bicyclic) bond motifs is 1. The molecule has 3 aromatic rings. The molecule has 3 N–H and O–H groups in total. The number of unbranched alkanes of at least 4 members (excludes halogenated alkanes) is 7. The molecule has 2 aromatic carbocycles. The number of H-pyrrole nitrogens is 1. The van der Waals surface area contributed by atoms with Gasteiger partial charge in [0.25, 0.3) is 0 Å². The van der Waals surface area contributed by atoms with Gasteiger partial charge in [-0.2, -0.15) is 13.2 Å². The van der Waals surface area contributed by atoms with Gasteiger partial charge in [-0.3, -0.25) is 4.90 Å². The zero-order chi connectivity index (χ0) is 30.4. The van der Waals surface area contributed by atoms with E-state index in [1.807, 2.05) is 0 Å². The summed E-state index contributed by atoms with van der Waals surface area (Å²) >= 11 is 5.88. The molecular weight excluding hydrogens is 567 g/mol. The Bertz CT molecular complexity index is 1210. The van der Waals surface area contributed by atoms with Gasteiger partial charge in [0.2, 0.25) is 0 Å². The minimum absolute atomic E-state index is 0.0789. The highest BCUT2D eigenvalue weighted by molar-refractivity contribution is 6.38. The summed E-state index contributed by atoms with van der Waals surface area (Å²) in [6.07, 6.45) is 7.75. The van der Waals surface area contributed by atoms with E-state index in [1.54, 1.807) is 30.5 Å². The van der Waals surface area contributed by atoms with Gasteiger partial charge in [-0.15, -0.1) is 0 Å². The molecule has 1 fully saturated rings. The second-order valence-corrected chi connectivity index (χ2v) is 11.0. The van der Waals surface area contributed by atoms with Gasteiger partial charge < -0.3 is 20.1 Å². The molecule has 0 bridgehead atoms. The number of carboxylic acid groups (broad SMARTS) is 1. The van der Waals surface area contributed by atoms with Crippen molar-refractivity contribution in [3.63, 3.8) is 0 Å². The average molecular weight is 610 g/mol. The molecule has 1 atom stereocenters. The first-order chi connectivity index (χ1) is 20.2. The van der Waals surface area contributed by atoms with Crippen LogP contribution >= 0.6 is 11.6 Å². The van der Waals surface area contributed by atoms with Crippen LogP contribution < -0.4 is 5.32 Å². The van der Waals surface area contributed by atoms with Crippen LogP contribution in [0.5, 0.6) is 0 Å². The van der Waals surface area contributed by atoms with Crippen molar-refractivity contribution in [2.45, 2.75) is 70.5 Å². The highest BCUT2D eigenvalue weighted by atomic mass is 35.5. The Morgan fingerprint density at radius 3 is 2.26 bits per heavy atom. The first-order valence-corrected chi connectivity index (χ1v) is 15.3. The lowest BCUT2D eigenvalue weighted by molar-refractivity contribution is -0.137. The van der Waals surface area contributed by atoms with Gasteiger partial charge in [0.05, 0.1) is 29.4 Å². The van der Waals surface area contributed by atoms with E-state index in [-0.39, 0.29) is 16.6 Å². The van der Waals surface area contributed by atoms with Crippen LogP contribution in [0.2, 0.25) is 5.02 Å². The quantitative estimate of drug-likeness (QED) is 0.160. The van der Waals surface area contributed by atoms with Crippen LogP contribution in [0, 0.1) is 0 Å². The van der Waals surface area contributed by atoms with Crippen LogP contribution in [0.1, 0.15) is 85.8 Å². The number of nitrogens with zero attached hydrogens (tertiary/aromatic N) is 1. The number of carboxylic acids is 1. The van der Waals surface area contributed by atoms with Crippen LogP contribution in [-0.2, 0) is 10.9 Å². The molecule has 0 spiro atoms. The molecule has 0 saturated carbocycles. The maximum Gasteiger partial charge on any atom is 0.416 e. The molecule has 1 unspecified atom stereocenters. The third-order valence-electron chi connectivity index (χ3n) is 7.55. The first kappa shape index (κ1) is 33.9. The van der Waals surface area contributed by atoms with Crippen LogP contribution in [-0.4, -0.2) is 60.4 Å². The van der Waals surface area contributed by atoms with Gasteiger partial charge >= 0.3 is 12.1 Å². The lowest BCUT2D eigenvalue weighted by Gasteiger charge is -2.35. The van der Waals surface area contributed by atoms with Gasteiger partial charge in [0.15, 0.2) is 0 Å². The van der Waals surface area contributed by atoms with Crippen molar-refractivity contribution < 1.29 is 27.8 Å². The smallest absolute Gasteiger partial charge is 0.416 e. The Hall–Kier alpha value is -2.59. The number of morpholine rings is 1. The topological polar surface area (TPSA) is 77.6 Å². The predicted octanol–water partition coefficient (Wildman–Crippen LogP) is 8.33. The molecule has 42 heavy (non-hydrogen) atoms. The van der Waals surface area contributed by atoms with E-state index < -0.39 is 17.7 Å². The summed E-state index contributed by atoms with van der Waals surface area (Å²) in [5.74, 6) is -1.01. The van der Waals surface area contributed by atoms with E-state index in [0.29, 0.717) is 13.2 Å². The van der Waals surface area contributed by atoms with E-state index in [0.717, 1.165) is 49.1 Å². The zero-order valence-corrected chi connectivity index (χ0v) is 25.1. The summed E-state index contributed by atoms with van der Waals surface area (Å²) in [5, 5.41) is 13.3. The number of rotatable bonds is 14. The van der Waals surface area contributed by atoms with Crippen molar-refractivity contribution >= 4 is 28.5 Å². The van der Waals surface area contributed by atoms with E-state index in [2.05, 4.69) is 22.1 Å². The first-order valence-electron chi connectivity index (χ1n) is 14.9. The standard InChI is InChI=1S/C23H37F3N2O.C9H6ClNO2/c1-2-3-4-5-6-7-8-9-14-27-19-22(28-15-17-29-18-16-28)20-10-12-21(13-11-20)23(24,25)26;10-8-5-3-4-11-7(5)2-1-6(8)9(12)13/h10-13,22,27H,2-9,14-19H2,1H3;1-4,11H,(H,12,13). The van der Waals surface area contributed by atoms with Crippen molar-refractivity contribution in [3.8, 4) is 0 Å². The number of alkyl halides is 3. The minimum Gasteiger partial charge on any atom is -0.478 e. The highest BCUT2D eigenvalue weighted by Gasteiger charge is 2.31. The fourth-order valence-electron chi connectivity index (χ4n) is 5.13. The molecule has 10 heteroatoms. The summed E-state index contributed by atoms with van der Waals surface area (Å²) in [5.41, 5.74) is 1.32. The maximum atomic E-state index is 12.9. The van der Waals surface area contributed by atoms with Gasteiger partial charge in [-0.1, -0.05) is 75.6 Å². The molecular formula is C32H43ClF3N3O3. The Labute approximate surface area is 251 Å². The van der Waals surface area contributed by atoms with Crippen molar-refractivity contribution in [1.29, 1.82) is 0 Å². The highest BCUT2D eigenvalue weighted by Crippen LogP contribution is 2.31. The Morgan fingerprint density at radius 2 is 1.64 bits per heavy atom. The number of halogens is 4. The normalized spacial score (nSPS) is 14.9. The van der Waals surface area contributed by atoms with Gasteiger partial charge in [0, 0.05) is 42.8 Å². The fraction of sp³-hybridized carbons (Fsp3) is 0.531. The predicted molar refractivity (Wildman–Crippen MR) is 162 cm³/mol.